The summed E-state index contributed by atoms with van der Waals surface area (Å²) in [5, 5.41) is 0. The highest BCUT2D eigenvalue weighted by Gasteiger charge is 2.21. The molecule has 0 aromatic heterocycles. The summed E-state index contributed by atoms with van der Waals surface area (Å²) in [5.41, 5.74) is 0.895. The predicted molar refractivity (Wildman–Crippen MR) is 69.0 cm³/mol. The molecular formula is C13H17O3P. The van der Waals surface area contributed by atoms with Crippen LogP contribution in [0, 0.1) is 11.8 Å². The molecule has 1 aromatic carbocycles. The molecule has 0 saturated carbocycles. The Hall–Kier alpha value is -1.07. The zero-order valence-electron chi connectivity index (χ0n) is 10.2. The van der Waals surface area contributed by atoms with E-state index in [1.165, 1.54) is 0 Å². The van der Waals surface area contributed by atoms with Crippen LogP contribution in [0.1, 0.15) is 19.4 Å². The van der Waals surface area contributed by atoms with Crippen molar-refractivity contribution in [3.05, 3.63) is 35.9 Å². The SMILES string of the molecule is CCOP(=O)(CC#Cc1ccccc1)OCC. The van der Waals surface area contributed by atoms with Crippen LogP contribution in [0.5, 0.6) is 0 Å². The Bertz CT molecular complexity index is 421. The first-order valence-corrected chi connectivity index (χ1v) is 7.35. The molecule has 3 nitrogen and oxygen atoms in total. The molecule has 0 bridgehead atoms. The molecule has 0 aliphatic heterocycles. The monoisotopic (exact) mass is 252 g/mol. The maximum Gasteiger partial charge on any atom is 0.342 e. The van der Waals surface area contributed by atoms with Crippen molar-refractivity contribution in [1.29, 1.82) is 0 Å². The van der Waals surface area contributed by atoms with Gasteiger partial charge in [-0.15, -0.1) is 0 Å². The molecule has 92 valence electrons. The molecule has 1 rings (SSSR count). The van der Waals surface area contributed by atoms with Crippen LogP contribution < -0.4 is 0 Å². The average molecular weight is 252 g/mol. The van der Waals surface area contributed by atoms with Crippen LogP contribution in [0.25, 0.3) is 0 Å². The molecule has 0 fully saturated rings. The molecule has 0 atom stereocenters. The topological polar surface area (TPSA) is 35.5 Å². The molecule has 0 aliphatic carbocycles. The molecule has 17 heavy (non-hydrogen) atoms. The van der Waals surface area contributed by atoms with E-state index in [1.807, 2.05) is 30.3 Å². The molecule has 0 spiro atoms. The van der Waals surface area contributed by atoms with Gasteiger partial charge in [-0.25, -0.2) is 0 Å². The number of hydrogen-bond acceptors (Lipinski definition) is 3. The maximum atomic E-state index is 12.1. The molecule has 0 unspecified atom stereocenters. The zero-order chi connectivity index (χ0) is 12.6. The molecule has 0 heterocycles. The largest absolute Gasteiger partial charge is 0.342 e. The van der Waals surface area contributed by atoms with E-state index in [9.17, 15) is 4.57 Å². The van der Waals surface area contributed by atoms with Crippen molar-refractivity contribution < 1.29 is 13.6 Å². The Kier molecular flexibility index (Phi) is 6.00. The van der Waals surface area contributed by atoms with Gasteiger partial charge in [-0.3, -0.25) is 4.57 Å². The lowest BCUT2D eigenvalue weighted by molar-refractivity contribution is 0.223. The fourth-order valence-corrected chi connectivity index (χ4v) is 2.60. The van der Waals surface area contributed by atoms with Crippen molar-refractivity contribution in [2.75, 3.05) is 19.4 Å². The fraction of sp³-hybridized carbons (Fsp3) is 0.385. The van der Waals surface area contributed by atoms with Crippen molar-refractivity contribution in [1.82, 2.24) is 0 Å². The Morgan fingerprint density at radius 2 is 1.71 bits per heavy atom. The van der Waals surface area contributed by atoms with Crippen molar-refractivity contribution in [2.24, 2.45) is 0 Å². The summed E-state index contributed by atoms with van der Waals surface area (Å²) in [6.07, 6.45) is 0.129. The lowest BCUT2D eigenvalue weighted by Gasteiger charge is -2.13. The highest BCUT2D eigenvalue weighted by atomic mass is 31.2. The summed E-state index contributed by atoms with van der Waals surface area (Å²) in [4.78, 5) is 0. The summed E-state index contributed by atoms with van der Waals surface area (Å²) >= 11 is 0. The summed E-state index contributed by atoms with van der Waals surface area (Å²) in [5.74, 6) is 5.78. The van der Waals surface area contributed by atoms with E-state index in [1.54, 1.807) is 13.8 Å². The van der Waals surface area contributed by atoms with Gasteiger partial charge in [-0.05, 0) is 26.0 Å². The standard InChI is InChI=1S/C13H17O3P/c1-3-15-17(14,16-4-2)12-8-11-13-9-6-5-7-10-13/h5-7,9-10H,3-4,12H2,1-2H3. The number of hydrogen-bond donors (Lipinski definition) is 0. The third kappa shape index (κ3) is 5.19. The average Bonchev–Trinajstić information content (AvgIpc) is 2.31. The van der Waals surface area contributed by atoms with Crippen molar-refractivity contribution in [3.63, 3.8) is 0 Å². The van der Waals surface area contributed by atoms with E-state index < -0.39 is 7.60 Å². The van der Waals surface area contributed by atoms with E-state index in [4.69, 9.17) is 9.05 Å². The Morgan fingerprint density at radius 1 is 1.12 bits per heavy atom. The second-order valence-corrected chi connectivity index (χ2v) is 5.33. The fourth-order valence-electron chi connectivity index (χ4n) is 1.28. The van der Waals surface area contributed by atoms with Gasteiger partial charge in [0.25, 0.3) is 0 Å². The molecule has 0 N–H and O–H groups in total. The summed E-state index contributed by atoms with van der Waals surface area (Å²) < 4.78 is 22.3. The van der Waals surface area contributed by atoms with Gasteiger partial charge in [0.2, 0.25) is 0 Å². The van der Waals surface area contributed by atoms with Gasteiger partial charge in [0.15, 0.2) is 0 Å². The number of benzene rings is 1. The van der Waals surface area contributed by atoms with Crippen LogP contribution in [0.2, 0.25) is 0 Å². The highest BCUT2D eigenvalue weighted by molar-refractivity contribution is 7.54. The molecular weight excluding hydrogens is 235 g/mol. The van der Waals surface area contributed by atoms with Crippen molar-refractivity contribution in [3.8, 4) is 11.8 Å². The van der Waals surface area contributed by atoms with Gasteiger partial charge in [0.05, 0.1) is 13.2 Å². The van der Waals surface area contributed by atoms with Crippen LogP contribution >= 0.6 is 7.60 Å². The highest BCUT2D eigenvalue weighted by Crippen LogP contribution is 2.47. The lowest BCUT2D eigenvalue weighted by atomic mass is 10.2. The zero-order valence-corrected chi connectivity index (χ0v) is 11.1. The second kappa shape index (κ2) is 7.29. The van der Waals surface area contributed by atoms with Gasteiger partial charge in [0.1, 0.15) is 6.16 Å². The van der Waals surface area contributed by atoms with Gasteiger partial charge in [-0.1, -0.05) is 30.0 Å². The first kappa shape index (κ1) is 14.0. The summed E-state index contributed by atoms with van der Waals surface area (Å²) in [6, 6.07) is 9.55. The Morgan fingerprint density at radius 3 is 2.24 bits per heavy atom. The van der Waals surface area contributed by atoms with Crippen LogP contribution in [-0.4, -0.2) is 19.4 Å². The Balaban J connectivity index is 2.64. The van der Waals surface area contributed by atoms with Crippen LogP contribution in [0.3, 0.4) is 0 Å². The molecule has 0 amide bonds. The smallest absolute Gasteiger partial charge is 0.308 e. The van der Waals surface area contributed by atoms with Crippen LogP contribution in [0.15, 0.2) is 30.3 Å². The van der Waals surface area contributed by atoms with Crippen molar-refractivity contribution in [2.45, 2.75) is 13.8 Å². The van der Waals surface area contributed by atoms with E-state index in [-0.39, 0.29) is 6.16 Å². The quantitative estimate of drug-likeness (QED) is 0.595. The lowest BCUT2D eigenvalue weighted by Crippen LogP contribution is -1.98. The molecule has 0 aliphatic rings. The summed E-state index contributed by atoms with van der Waals surface area (Å²) in [6.45, 7) is 4.31. The van der Waals surface area contributed by atoms with Gasteiger partial charge in [0, 0.05) is 5.56 Å². The second-order valence-electron chi connectivity index (χ2n) is 3.27. The Labute approximate surface area is 103 Å². The predicted octanol–water partition coefficient (Wildman–Crippen LogP) is 3.30. The van der Waals surface area contributed by atoms with E-state index in [2.05, 4.69) is 11.8 Å². The van der Waals surface area contributed by atoms with Crippen LogP contribution in [-0.2, 0) is 13.6 Å². The van der Waals surface area contributed by atoms with Gasteiger partial charge >= 0.3 is 7.60 Å². The third-order valence-corrected chi connectivity index (χ3v) is 3.78. The molecule has 0 radical (unpaired) electrons. The maximum absolute atomic E-state index is 12.1. The van der Waals surface area contributed by atoms with Gasteiger partial charge in [-0.2, -0.15) is 0 Å². The number of rotatable bonds is 5. The minimum Gasteiger partial charge on any atom is -0.308 e. The van der Waals surface area contributed by atoms with Crippen LogP contribution in [0.4, 0.5) is 0 Å². The van der Waals surface area contributed by atoms with Gasteiger partial charge < -0.3 is 9.05 Å². The minimum atomic E-state index is -3.03. The minimum absolute atomic E-state index is 0.129. The molecule has 0 saturated heterocycles. The normalized spacial score (nSPS) is 10.7. The third-order valence-electron chi connectivity index (χ3n) is 1.93. The first-order chi connectivity index (χ1) is 8.20. The van der Waals surface area contributed by atoms with E-state index in [0.717, 1.165) is 5.56 Å². The van der Waals surface area contributed by atoms with E-state index >= 15 is 0 Å². The first-order valence-electron chi connectivity index (χ1n) is 5.62. The summed E-state index contributed by atoms with van der Waals surface area (Å²) in [7, 11) is -3.03. The molecule has 1 aromatic rings. The van der Waals surface area contributed by atoms with E-state index in [0.29, 0.717) is 13.2 Å². The van der Waals surface area contributed by atoms with Crippen molar-refractivity contribution >= 4 is 7.60 Å². The molecule has 4 heteroatoms.